The molecule has 0 spiro atoms. The predicted molar refractivity (Wildman–Crippen MR) is 97.5 cm³/mol. The smallest absolute Gasteiger partial charge is 0.255 e. The van der Waals surface area contributed by atoms with Crippen LogP contribution in [0.25, 0.3) is 11.4 Å². The lowest BCUT2D eigenvalue weighted by Gasteiger charge is -2.11. The second kappa shape index (κ2) is 7.35. The van der Waals surface area contributed by atoms with Crippen LogP contribution in [0.1, 0.15) is 10.4 Å². The van der Waals surface area contributed by atoms with Crippen LogP contribution in [-0.2, 0) is 7.05 Å². The lowest BCUT2D eigenvalue weighted by molar-refractivity contribution is 0.100. The van der Waals surface area contributed by atoms with E-state index in [1.54, 1.807) is 37.5 Å². The summed E-state index contributed by atoms with van der Waals surface area (Å²) in [5.74, 6) is 0.177. The Bertz CT molecular complexity index is 972. The largest absolute Gasteiger partial charge is 0.348 e. The van der Waals surface area contributed by atoms with Gasteiger partial charge in [-0.3, -0.25) is 14.2 Å². The number of anilines is 1. The van der Waals surface area contributed by atoms with Crippen LogP contribution in [0.15, 0.2) is 58.2 Å². The first kappa shape index (κ1) is 17.0. The molecule has 0 saturated carbocycles. The van der Waals surface area contributed by atoms with Crippen molar-refractivity contribution < 1.29 is 4.79 Å². The quantitative estimate of drug-likeness (QED) is 0.661. The topological polar surface area (TPSA) is 89.8 Å². The minimum atomic E-state index is -0.251. The van der Waals surface area contributed by atoms with Gasteiger partial charge < -0.3 is 5.32 Å². The Kier molecular flexibility index (Phi) is 4.99. The summed E-state index contributed by atoms with van der Waals surface area (Å²) in [6, 6.07) is 10.2. The van der Waals surface area contributed by atoms with E-state index < -0.39 is 0 Å². The number of aromatic nitrogens is 4. The van der Waals surface area contributed by atoms with E-state index in [4.69, 9.17) is 0 Å². The zero-order valence-electron chi connectivity index (χ0n) is 13.3. The summed E-state index contributed by atoms with van der Waals surface area (Å²) in [4.78, 5) is 36.8. The molecule has 0 fully saturated rings. The van der Waals surface area contributed by atoms with E-state index >= 15 is 0 Å². The molecule has 0 aliphatic rings. The molecule has 0 bridgehead atoms. The van der Waals surface area contributed by atoms with E-state index in [-0.39, 0.29) is 17.9 Å². The van der Waals surface area contributed by atoms with Crippen molar-refractivity contribution in [2.24, 2.45) is 7.05 Å². The van der Waals surface area contributed by atoms with Gasteiger partial charge in [-0.15, -0.1) is 0 Å². The zero-order chi connectivity index (χ0) is 17.8. The molecule has 0 amide bonds. The molecule has 0 unspecified atom stereocenters. The number of ketones is 1. The van der Waals surface area contributed by atoms with Gasteiger partial charge in [-0.2, -0.15) is 0 Å². The van der Waals surface area contributed by atoms with Crippen LogP contribution in [-0.4, -0.2) is 31.8 Å². The second-order valence-corrected chi connectivity index (χ2v) is 6.07. The van der Waals surface area contributed by atoms with E-state index in [9.17, 15) is 9.59 Å². The van der Waals surface area contributed by atoms with Crippen molar-refractivity contribution in [3.63, 3.8) is 0 Å². The molecule has 2 heterocycles. The van der Waals surface area contributed by atoms with Gasteiger partial charge in [0.15, 0.2) is 5.78 Å². The maximum Gasteiger partial charge on any atom is 0.255 e. The summed E-state index contributed by atoms with van der Waals surface area (Å²) < 4.78 is 2.07. The normalized spacial score (nSPS) is 10.5. The molecule has 25 heavy (non-hydrogen) atoms. The number of nitrogens with zero attached hydrogens (tertiary/aromatic N) is 4. The predicted octanol–water partition coefficient (Wildman–Crippen LogP) is 2.29. The fourth-order valence-corrected chi connectivity index (χ4v) is 2.72. The van der Waals surface area contributed by atoms with Crippen LogP contribution in [0.5, 0.6) is 0 Å². The molecule has 0 aliphatic carbocycles. The third-order valence-corrected chi connectivity index (χ3v) is 4.25. The third kappa shape index (κ3) is 3.80. The minimum Gasteiger partial charge on any atom is -0.348 e. The number of nitrogens with one attached hydrogen (secondary N) is 1. The molecular weight excluding hydrogens is 386 g/mol. The fraction of sp³-hybridized carbons (Fsp3) is 0.118. The van der Waals surface area contributed by atoms with Gasteiger partial charge in [0.2, 0.25) is 5.95 Å². The first-order valence-corrected chi connectivity index (χ1v) is 8.21. The van der Waals surface area contributed by atoms with Crippen LogP contribution in [0.2, 0.25) is 0 Å². The molecule has 1 N–H and O–H groups in total. The highest BCUT2D eigenvalue weighted by molar-refractivity contribution is 9.10. The monoisotopic (exact) mass is 399 g/mol. The van der Waals surface area contributed by atoms with E-state index in [1.807, 2.05) is 6.07 Å². The maximum atomic E-state index is 12.4. The number of rotatable bonds is 5. The van der Waals surface area contributed by atoms with Crippen molar-refractivity contribution in [2.45, 2.75) is 0 Å². The molecule has 1 aromatic carbocycles. The number of halogens is 1. The Morgan fingerprint density at radius 2 is 2.04 bits per heavy atom. The maximum absolute atomic E-state index is 12.4. The standard InChI is InChI=1S/C17H14BrN5O2/c1-23-16(25)8-14(13-6-7-19-10-21-13)22-17(23)20-9-15(24)11-4-2-3-5-12(11)18/h2-8,10H,9H2,1H3,(H,20,22). The van der Waals surface area contributed by atoms with Crippen LogP contribution in [0.3, 0.4) is 0 Å². The van der Waals surface area contributed by atoms with Gasteiger partial charge in [0.25, 0.3) is 5.56 Å². The van der Waals surface area contributed by atoms with E-state index in [0.29, 0.717) is 22.9 Å². The Labute approximate surface area is 151 Å². The van der Waals surface area contributed by atoms with Crippen molar-refractivity contribution >= 4 is 27.7 Å². The minimum absolute atomic E-state index is 0.0100. The molecule has 8 heteroatoms. The summed E-state index contributed by atoms with van der Waals surface area (Å²) in [7, 11) is 1.59. The van der Waals surface area contributed by atoms with Gasteiger partial charge in [-0.25, -0.2) is 15.0 Å². The molecule has 126 valence electrons. The van der Waals surface area contributed by atoms with E-state index in [0.717, 1.165) is 4.47 Å². The van der Waals surface area contributed by atoms with Crippen molar-refractivity contribution in [1.29, 1.82) is 0 Å². The number of hydrogen-bond acceptors (Lipinski definition) is 6. The average molecular weight is 400 g/mol. The van der Waals surface area contributed by atoms with Crippen molar-refractivity contribution in [2.75, 3.05) is 11.9 Å². The van der Waals surface area contributed by atoms with Gasteiger partial charge in [0.05, 0.1) is 17.9 Å². The van der Waals surface area contributed by atoms with Crippen LogP contribution in [0, 0.1) is 0 Å². The molecule has 0 atom stereocenters. The Balaban J connectivity index is 1.85. The lowest BCUT2D eigenvalue weighted by Crippen LogP contribution is -2.24. The first-order valence-electron chi connectivity index (χ1n) is 7.42. The first-order chi connectivity index (χ1) is 12.1. The molecule has 0 aliphatic heterocycles. The van der Waals surface area contributed by atoms with E-state index in [1.165, 1.54) is 17.0 Å². The summed E-state index contributed by atoms with van der Waals surface area (Å²) in [5.41, 5.74) is 1.26. The molecule has 3 rings (SSSR count). The zero-order valence-corrected chi connectivity index (χ0v) is 14.9. The molecule has 0 radical (unpaired) electrons. The highest BCUT2D eigenvalue weighted by Gasteiger charge is 2.12. The molecular formula is C17H14BrN5O2. The number of Topliss-reactive ketones (excluding diaryl/α,β-unsaturated/α-hetero) is 1. The summed E-state index contributed by atoms with van der Waals surface area (Å²) in [6.45, 7) is 0.0100. The lowest BCUT2D eigenvalue weighted by atomic mass is 10.1. The number of carbonyl (C=O) groups excluding carboxylic acids is 1. The third-order valence-electron chi connectivity index (χ3n) is 3.56. The number of benzene rings is 1. The Morgan fingerprint density at radius 3 is 2.76 bits per heavy atom. The summed E-state index contributed by atoms with van der Waals surface area (Å²) in [6.07, 6.45) is 2.96. The van der Waals surface area contributed by atoms with Crippen molar-refractivity contribution in [1.82, 2.24) is 19.5 Å². The summed E-state index contributed by atoms with van der Waals surface area (Å²) >= 11 is 3.36. The Morgan fingerprint density at radius 1 is 1.24 bits per heavy atom. The second-order valence-electron chi connectivity index (χ2n) is 5.21. The highest BCUT2D eigenvalue weighted by atomic mass is 79.9. The van der Waals surface area contributed by atoms with Crippen molar-refractivity contribution in [3.05, 3.63) is 69.3 Å². The van der Waals surface area contributed by atoms with Crippen molar-refractivity contribution in [3.8, 4) is 11.4 Å². The van der Waals surface area contributed by atoms with Gasteiger partial charge in [-0.05, 0) is 12.1 Å². The highest BCUT2D eigenvalue weighted by Crippen LogP contribution is 2.17. The van der Waals surface area contributed by atoms with Gasteiger partial charge in [-0.1, -0.05) is 34.1 Å². The average Bonchev–Trinajstić information content (AvgIpc) is 2.63. The number of hydrogen-bond donors (Lipinski definition) is 1. The van der Waals surface area contributed by atoms with Crippen LogP contribution < -0.4 is 10.9 Å². The van der Waals surface area contributed by atoms with Gasteiger partial charge >= 0.3 is 0 Å². The van der Waals surface area contributed by atoms with Crippen LogP contribution >= 0.6 is 15.9 Å². The molecule has 2 aromatic heterocycles. The molecule has 7 nitrogen and oxygen atoms in total. The number of carbonyl (C=O) groups is 1. The molecule has 3 aromatic rings. The van der Waals surface area contributed by atoms with Crippen LogP contribution in [0.4, 0.5) is 5.95 Å². The summed E-state index contributed by atoms with van der Waals surface area (Å²) in [5, 5.41) is 2.93. The van der Waals surface area contributed by atoms with Gasteiger partial charge in [0, 0.05) is 29.3 Å². The fourth-order valence-electron chi connectivity index (χ4n) is 2.21. The SMILES string of the molecule is Cn1c(NCC(=O)c2ccccc2Br)nc(-c2ccncn2)cc1=O. The Hall–Kier alpha value is -2.87. The van der Waals surface area contributed by atoms with Gasteiger partial charge in [0.1, 0.15) is 6.33 Å². The van der Waals surface area contributed by atoms with E-state index in [2.05, 4.69) is 36.2 Å². The molecule has 0 saturated heterocycles.